The normalized spacial score (nSPS) is 14.4. The lowest BCUT2D eigenvalue weighted by Gasteiger charge is -2.26. The number of fused-ring (bicyclic) bond motifs is 2. The van der Waals surface area contributed by atoms with Crippen LogP contribution in [0, 0.1) is 0 Å². The van der Waals surface area contributed by atoms with Crippen molar-refractivity contribution in [2.75, 3.05) is 6.54 Å². The number of carbonyl (C=O) groups is 4. The number of aliphatic imine (C=N–C) groups is 1. The number of nitrogens with two attached hydrogens (primary N) is 3. The Morgan fingerprint density at radius 1 is 0.809 bits per heavy atom. The van der Waals surface area contributed by atoms with E-state index in [0.717, 1.165) is 27.4 Å². The van der Waals surface area contributed by atoms with Crippen molar-refractivity contribution in [1.82, 2.24) is 25.9 Å². The number of rotatable bonds is 16. The van der Waals surface area contributed by atoms with Crippen LogP contribution in [0.15, 0.2) is 65.9 Å². The van der Waals surface area contributed by atoms with Gasteiger partial charge in [-0.05, 0) is 49.4 Å². The van der Waals surface area contributed by atoms with Crippen LogP contribution in [-0.4, -0.2) is 86.6 Å². The van der Waals surface area contributed by atoms with Crippen molar-refractivity contribution in [3.05, 3.63) is 72.1 Å². The molecule has 0 fully saturated rings. The number of guanidine groups is 1. The summed E-state index contributed by atoms with van der Waals surface area (Å²) in [7, 11) is 0. The predicted molar refractivity (Wildman–Crippen MR) is 177 cm³/mol. The molecule has 0 saturated heterocycles. The third kappa shape index (κ3) is 9.08. The molecule has 4 aromatic rings. The molecule has 13 N–H and O–H groups in total. The number of aliphatic hydroxyl groups excluding tert-OH is 1. The molecule has 0 bridgehead atoms. The smallest absolute Gasteiger partial charge is 0.326 e. The van der Waals surface area contributed by atoms with Gasteiger partial charge in [0.25, 0.3) is 0 Å². The number of aromatic nitrogens is 2. The number of carbonyl (C=O) groups excluding carboxylic acids is 3. The molecule has 0 spiro atoms. The highest BCUT2D eigenvalue weighted by Gasteiger charge is 2.33. The van der Waals surface area contributed by atoms with Gasteiger partial charge < -0.3 is 53.3 Å². The van der Waals surface area contributed by atoms with Crippen LogP contribution in [0.5, 0.6) is 0 Å². The van der Waals surface area contributed by atoms with Gasteiger partial charge in [-0.2, -0.15) is 0 Å². The van der Waals surface area contributed by atoms with Crippen molar-refractivity contribution in [3.63, 3.8) is 0 Å². The Bertz CT molecular complexity index is 1740. The zero-order chi connectivity index (χ0) is 34.1. The zero-order valence-corrected chi connectivity index (χ0v) is 25.9. The molecule has 47 heavy (non-hydrogen) atoms. The third-order valence-corrected chi connectivity index (χ3v) is 7.81. The first-order valence-electron chi connectivity index (χ1n) is 15.2. The van der Waals surface area contributed by atoms with Crippen LogP contribution < -0.4 is 33.2 Å². The molecule has 15 heteroatoms. The minimum absolute atomic E-state index is 0.0201. The summed E-state index contributed by atoms with van der Waals surface area (Å²) in [5, 5.41) is 29.6. The summed E-state index contributed by atoms with van der Waals surface area (Å²) in [6, 6.07) is 9.80. The van der Waals surface area contributed by atoms with Gasteiger partial charge in [-0.3, -0.25) is 19.4 Å². The number of aromatic amines is 2. The number of aliphatic carboxylic acids is 1. The number of aliphatic hydroxyl groups is 1. The van der Waals surface area contributed by atoms with Crippen molar-refractivity contribution in [1.29, 1.82) is 0 Å². The van der Waals surface area contributed by atoms with Gasteiger partial charge in [0.15, 0.2) is 5.96 Å². The number of nitrogens with one attached hydrogen (secondary N) is 5. The summed E-state index contributed by atoms with van der Waals surface area (Å²) < 4.78 is 0. The molecular formula is C32H41N9O6. The molecule has 2 aromatic heterocycles. The van der Waals surface area contributed by atoms with Gasteiger partial charge in [0.2, 0.25) is 17.7 Å². The maximum Gasteiger partial charge on any atom is 0.326 e. The molecule has 250 valence electrons. The van der Waals surface area contributed by atoms with Gasteiger partial charge in [-0.25, -0.2) is 4.79 Å². The summed E-state index contributed by atoms with van der Waals surface area (Å²) in [5.41, 5.74) is 20.0. The third-order valence-electron chi connectivity index (χ3n) is 7.81. The monoisotopic (exact) mass is 647 g/mol. The van der Waals surface area contributed by atoms with Crippen molar-refractivity contribution >= 4 is 51.5 Å². The fourth-order valence-electron chi connectivity index (χ4n) is 5.32. The fraction of sp³-hybridized carbons (Fsp3) is 0.344. The van der Waals surface area contributed by atoms with Gasteiger partial charge in [0.05, 0.1) is 12.1 Å². The van der Waals surface area contributed by atoms with E-state index in [9.17, 15) is 29.4 Å². The van der Waals surface area contributed by atoms with Crippen LogP contribution in [0.1, 0.15) is 30.9 Å². The summed E-state index contributed by atoms with van der Waals surface area (Å²) in [6.07, 6.45) is 2.51. The second-order valence-electron chi connectivity index (χ2n) is 11.4. The zero-order valence-electron chi connectivity index (χ0n) is 25.9. The molecule has 5 unspecified atom stereocenters. The van der Waals surface area contributed by atoms with E-state index >= 15 is 0 Å². The summed E-state index contributed by atoms with van der Waals surface area (Å²) in [6.45, 7) is 1.48. The summed E-state index contributed by atoms with van der Waals surface area (Å²) >= 11 is 0. The minimum Gasteiger partial charge on any atom is -0.480 e. The maximum absolute atomic E-state index is 13.6. The molecule has 0 radical (unpaired) electrons. The van der Waals surface area contributed by atoms with Gasteiger partial charge in [0, 0.05) is 47.2 Å². The second-order valence-corrected chi connectivity index (χ2v) is 11.4. The molecule has 0 aliphatic heterocycles. The molecule has 3 amide bonds. The lowest BCUT2D eigenvalue weighted by Crippen LogP contribution is -2.60. The molecule has 5 atom stereocenters. The number of benzene rings is 2. The Morgan fingerprint density at radius 2 is 1.36 bits per heavy atom. The molecular weight excluding hydrogens is 606 g/mol. The van der Waals surface area contributed by atoms with E-state index in [-0.39, 0.29) is 38.2 Å². The number of hydrogen-bond donors (Lipinski definition) is 10. The number of carboxylic acid groups (broad SMARTS) is 1. The van der Waals surface area contributed by atoms with Crippen LogP contribution >= 0.6 is 0 Å². The summed E-state index contributed by atoms with van der Waals surface area (Å²) in [4.78, 5) is 62.3. The van der Waals surface area contributed by atoms with Crippen LogP contribution in [0.25, 0.3) is 21.8 Å². The van der Waals surface area contributed by atoms with E-state index in [1.165, 1.54) is 6.92 Å². The van der Waals surface area contributed by atoms with Crippen LogP contribution in [0.2, 0.25) is 0 Å². The van der Waals surface area contributed by atoms with E-state index < -0.39 is 54.0 Å². The van der Waals surface area contributed by atoms with E-state index in [4.69, 9.17) is 17.2 Å². The molecule has 0 aliphatic carbocycles. The van der Waals surface area contributed by atoms with Crippen LogP contribution in [-0.2, 0) is 32.0 Å². The van der Waals surface area contributed by atoms with E-state index in [1.807, 2.05) is 48.5 Å². The Labute approximate surface area is 270 Å². The Hall–Kier alpha value is -5.41. The highest BCUT2D eigenvalue weighted by molar-refractivity contribution is 5.95. The quantitative estimate of drug-likeness (QED) is 0.0435. The number of amides is 3. The number of para-hydroxylation sites is 2. The Kier molecular flexibility index (Phi) is 11.5. The highest BCUT2D eigenvalue weighted by Crippen LogP contribution is 2.20. The SMILES string of the molecule is CC(O)C(NC(=O)C(N)Cc1c[nH]c2ccccc12)C(=O)NC(Cc1c[nH]c2ccccc12)C(=O)NC(CCCN=C(N)N)C(=O)O. The van der Waals surface area contributed by atoms with E-state index in [0.29, 0.717) is 5.56 Å². The molecule has 2 aromatic carbocycles. The molecule has 4 rings (SSSR count). The summed E-state index contributed by atoms with van der Waals surface area (Å²) in [5.74, 6) is -3.72. The average Bonchev–Trinajstić information content (AvgIpc) is 3.64. The predicted octanol–water partition coefficient (Wildman–Crippen LogP) is -0.265. The lowest BCUT2D eigenvalue weighted by atomic mass is 10.0. The first-order valence-corrected chi connectivity index (χ1v) is 15.2. The average molecular weight is 648 g/mol. The van der Waals surface area contributed by atoms with E-state index in [2.05, 4.69) is 30.9 Å². The lowest BCUT2D eigenvalue weighted by molar-refractivity contribution is -0.142. The first-order chi connectivity index (χ1) is 22.4. The number of H-pyrrole nitrogens is 2. The van der Waals surface area contributed by atoms with Crippen molar-refractivity contribution in [3.8, 4) is 0 Å². The first kappa shape index (κ1) is 34.5. The van der Waals surface area contributed by atoms with Gasteiger partial charge in [-0.15, -0.1) is 0 Å². The number of hydrogen-bond acceptors (Lipinski definition) is 7. The maximum atomic E-state index is 13.6. The molecule has 0 saturated carbocycles. The van der Waals surface area contributed by atoms with Crippen molar-refractivity contribution in [2.45, 2.75) is 62.9 Å². The standard InChI is InChI=1S/C32H41N9O6/c1-17(42)27(41-28(43)22(33)13-18-15-37-23-9-4-2-7-20(18)23)30(45)40-26(14-19-16-38-24-10-5-3-8-21(19)24)29(44)39-25(31(46)47)11-6-12-36-32(34)35/h2-5,7-10,15-17,22,25-27,37-38,42H,6,11-14,33H2,1H3,(H,39,44)(H,40,45)(H,41,43)(H,46,47)(H4,34,35,36). The van der Waals surface area contributed by atoms with Gasteiger partial charge in [0.1, 0.15) is 18.1 Å². The van der Waals surface area contributed by atoms with Crippen LogP contribution in [0.4, 0.5) is 0 Å². The van der Waals surface area contributed by atoms with E-state index in [1.54, 1.807) is 12.4 Å². The van der Waals surface area contributed by atoms with Crippen molar-refractivity contribution < 1.29 is 29.4 Å². The highest BCUT2D eigenvalue weighted by atomic mass is 16.4. The molecule has 2 heterocycles. The second kappa shape index (κ2) is 15.7. The van der Waals surface area contributed by atoms with Gasteiger partial charge in [-0.1, -0.05) is 36.4 Å². The largest absolute Gasteiger partial charge is 0.480 e. The fourth-order valence-corrected chi connectivity index (χ4v) is 5.32. The van der Waals surface area contributed by atoms with Gasteiger partial charge >= 0.3 is 5.97 Å². The Balaban J connectivity index is 1.50. The Morgan fingerprint density at radius 3 is 1.91 bits per heavy atom. The minimum atomic E-state index is -1.47. The van der Waals surface area contributed by atoms with Crippen LogP contribution in [0.3, 0.4) is 0 Å². The molecule has 0 aliphatic rings. The molecule has 15 nitrogen and oxygen atoms in total. The number of carboxylic acids is 1. The number of nitrogens with zero attached hydrogens (tertiary/aromatic N) is 1. The van der Waals surface area contributed by atoms with Crippen molar-refractivity contribution in [2.24, 2.45) is 22.2 Å². The topological polar surface area (TPSA) is 267 Å².